The van der Waals surface area contributed by atoms with Crippen LogP contribution < -0.4 is 10.1 Å². The first-order valence-electron chi connectivity index (χ1n) is 4.94. The molecule has 0 atom stereocenters. The number of hydrogen-bond acceptors (Lipinski definition) is 2. The first-order valence-corrected chi connectivity index (χ1v) is 4.94. The molecule has 0 saturated carbocycles. The lowest BCUT2D eigenvalue weighted by Gasteiger charge is -2.10. The van der Waals surface area contributed by atoms with Crippen molar-refractivity contribution in [1.29, 1.82) is 0 Å². The molecule has 1 aromatic rings. The summed E-state index contributed by atoms with van der Waals surface area (Å²) in [6, 6.07) is 2.29. The van der Waals surface area contributed by atoms with Crippen LogP contribution in [0.5, 0.6) is 5.75 Å². The van der Waals surface area contributed by atoms with Gasteiger partial charge in [-0.1, -0.05) is 0 Å². The van der Waals surface area contributed by atoms with Crippen LogP contribution in [0.3, 0.4) is 0 Å². The minimum atomic E-state index is -0.869. The molecule has 0 aromatic heterocycles. The highest BCUT2D eigenvalue weighted by atomic mass is 19.2. The minimum Gasteiger partial charge on any atom is -0.493 e. The van der Waals surface area contributed by atoms with Crippen LogP contribution in [0, 0.1) is 11.6 Å². The summed E-state index contributed by atoms with van der Waals surface area (Å²) in [4.78, 5) is 0. The maximum absolute atomic E-state index is 13.0. The Morgan fingerprint density at radius 1 is 1.27 bits per heavy atom. The third-order valence-corrected chi connectivity index (χ3v) is 2.05. The largest absolute Gasteiger partial charge is 0.493 e. The molecule has 0 heterocycles. The summed E-state index contributed by atoms with van der Waals surface area (Å²) in [5, 5.41) is 2.95. The maximum Gasteiger partial charge on any atom is 0.162 e. The van der Waals surface area contributed by atoms with E-state index in [2.05, 4.69) is 5.32 Å². The van der Waals surface area contributed by atoms with Gasteiger partial charge < -0.3 is 10.1 Å². The molecule has 2 nitrogen and oxygen atoms in total. The molecule has 84 valence electrons. The van der Waals surface area contributed by atoms with Crippen molar-refractivity contribution in [3.8, 4) is 5.75 Å². The molecule has 0 aliphatic heterocycles. The average Bonchev–Trinajstić information content (AvgIpc) is 2.21. The van der Waals surface area contributed by atoms with Crippen molar-refractivity contribution in [2.24, 2.45) is 0 Å². The Labute approximate surface area is 88.3 Å². The molecule has 0 amide bonds. The SMILES string of the molecule is CCOc1cc(F)c(F)cc1CCNC. The average molecular weight is 215 g/mol. The van der Waals surface area contributed by atoms with Gasteiger partial charge in [0.05, 0.1) is 6.61 Å². The van der Waals surface area contributed by atoms with E-state index in [0.29, 0.717) is 30.9 Å². The Morgan fingerprint density at radius 3 is 2.53 bits per heavy atom. The van der Waals surface area contributed by atoms with E-state index in [0.717, 1.165) is 6.07 Å². The van der Waals surface area contributed by atoms with E-state index in [1.54, 1.807) is 7.05 Å². The first-order chi connectivity index (χ1) is 7.19. The Kier molecular flexibility index (Phi) is 4.49. The maximum atomic E-state index is 13.0. The molecule has 0 unspecified atom stereocenters. The number of nitrogens with one attached hydrogen (secondary N) is 1. The second kappa shape index (κ2) is 5.66. The van der Waals surface area contributed by atoms with Crippen LogP contribution in [0.15, 0.2) is 12.1 Å². The molecule has 0 spiro atoms. The van der Waals surface area contributed by atoms with Crippen molar-refractivity contribution in [3.05, 3.63) is 29.3 Å². The fourth-order valence-corrected chi connectivity index (χ4v) is 1.31. The predicted octanol–water partition coefficient (Wildman–Crippen LogP) is 2.13. The molecule has 0 fully saturated rings. The Morgan fingerprint density at radius 2 is 1.93 bits per heavy atom. The second-order valence-corrected chi connectivity index (χ2v) is 3.16. The van der Waals surface area contributed by atoms with Crippen LogP contribution in [-0.2, 0) is 6.42 Å². The van der Waals surface area contributed by atoms with E-state index in [9.17, 15) is 8.78 Å². The van der Waals surface area contributed by atoms with Gasteiger partial charge in [-0.2, -0.15) is 0 Å². The molecular weight excluding hydrogens is 200 g/mol. The monoisotopic (exact) mass is 215 g/mol. The van der Waals surface area contributed by atoms with Crippen LogP contribution in [-0.4, -0.2) is 20.2 Å². The molecule has 15 heavy (non-hydrogen) atoms. The quantitative estimate of drug-likeness (QED) is 0.812. The molecule has 0 aliphatic carbocycles. The summed E-state index contributed by atoms with van der Waals surface area (Å²) in [7, 11) is 1.81. The van der Waals surface area contributed by atoms with Crippen LogP contribution in [0.1, 0.15) is 12.5 Å². The van der Waals surface area contributed by atoms with Gasteiger partial charge in [0.15, 0.2) is 11.6 Å². The summed E-state index contributed by atoms with van der Waals surface area (Å²) >= 11 is 0. The smallest absolute Gasteiger partial charge is 0.162 e. The predicted molar refractivity (Wildman–Crippen MR) is 55.2 cm³/mol. The van der Waals surface area contributed by atoms with E-state index in [-0.39, 0.29) is 0 Å². The summed E-state index contributed by atoms with van der Waals surface area (Å²) in [6.45, 7) is 2.95. The Bertz CT molecular complexity index is 329. The number of rotatable bonds is 5. The number of ether oxygens (including phenoxy) is 1. The van der Waals surface area contributed by atoms with Crippen LogP contribution in [0.2, 0.25) is 0 Å². The highest BCUT2D eigenvalue weighted by Gasteiger charge is 2.10. The van der Waals surface area contributed by atoms with Gasteiger partial charge in [0.25, 0.3) is 0 Å². The minimum absolute atomic E-state index is 0.423. The van der Waals surface area contributed by atoms with E-state index < -0.39 is 11.6 Å². The van der Waals surface area contributed by atoms with Gasteiger partial charge in [-0.3, -0.25) is 0 Å². The summed E-state index contributed by atoms with van der Waals surface area (Å²) in [5.74, 6) is -1.28. The van der Waals surface area contributed by atoms with Crippen molar-refractivity contribution in [3.63, 3.8) is 0 Å². The highest BCUT2D eigenvalue weighted by Crippen LogP contribution is 2.22. The molecule has 1 N–H and O–H groups in total. The molecule has 0 aliphatic rings. The zero-order valence-electron chi connectivity index (χ0n) is 8.94. The van der Waals surface area contributed by atoms with Gasteiger partial charge in [-0.05, 0) is 38.6 Å². The van der Waals surface area contributed by atoms with Crippen LogP contribution in [0.25, 0.3) is 0 Å². The number of benzene rings is 1. The van der Waals surface area contributed by atoms with E-state index >= 15 is 0 Å². The molecule has 0 radical (unpaired) electrons. The van der Waals surface area contributed by atoms with Crippen molar-refractivity contribution >= 4 is 0 Å². The van der Waals surface area contributed by atoms with Crippen molar-refractivity contribution in [2.45, 2.75) is 13.3 Å². The van der Waals surface area contributed by atoms with Gasteiger partial charge in [-0.25, -0.2) is 8.78 Å². The number of hydrogen-bond donors (Lipinski definition) is 1. The van der Waals surface area contributed by atoms with Crippen LogP contribution in [0.4, 0.5) is 8.78 Å². The van der Waals surface area contributed by atoms with Gasteiger partial charge >= 0.3 is 0 Å². The van der Waals surface area contributed by atoms with Gasteiger partial charge in [0, 0.05) is 6.07 Å². The van der Waals surface area contributed by atoms with E-state index in [1.807, 2.05) is 6.92 Å². The second-order valence-electron chi connectivity index (χ2n) is 3.16. The summed E-state index contributed by atoms with van der Waals surface area (Å²) in [5.41, 5.74) is 0.685. The third kappa shape index (κ3) is 3.16. The molecule has 0 saturated heterocycles. The summed E-state index contributed by atoms with van der Waals surface area (Å²) < 4.78 is 31.1. The lowest BCUT2D eigenvalue weighted by Crippen LogP contribution is -2.11. The van der Waals surface area contributed by atoms with Gasteiger partial charge in [0.1, 0.15) is 5.75 Å². The summed E-state index contributed by atoms with van der Waals surface area (Å²) in [6.07, 6.45) is 0.614. The van der Waals surface area contributed by atoms with Crippen molar-refractivity contribution in [1.82, 2.24) is 5.32 Å². The third-order valence-electron chi connectivity index (χ3n) is 2.05. The molecule has 1 rings (SSSR count). The molecular formula is C11H15F2NO. The first kappa shape index (κ1) is 11.9. The fourth-order valence-electron chi connectivity index (χ4n) is 1.31. The van der Waals surface area contributed by atoms with Gasteiger partial charge in [-0.15, -0.1) is 0 Å². The fraction of sp³-hybridized carbons (Fsp3) is 0.455. The molecule has 0 bridgehead atoms. The van der Waals surface area contributed by atoms with Gasteiger partial charge in [0.2, 0.25) is 0 Å². The van der Waals surface area contributed by atoms with E-state index in [4.69, 9.17) is 4.74 Å². The molecule has 1 aromatic carbocycles. The van der Waals surface area contributed by atoms with E-state index in [1.165, 1.54) is 6.07 Å². The zero-order chi connectivity index (χ0) is 11.3. The Balaban J connectivity index is 2.93. The topological polar surface area (TPSA) is 21.3 Å². The molecule has 4 heteroatoms. The normalized spacial score (nSPS) is 10.4. The van der Waals surface area contributed by atoms with Crippen molar-refractivity contribution < 1.29 is 13.5 Å². The Hall–Kier alpha value is -1.16. The van der Waals surface area contributed by atoms with Crippen LogP contribution >= 0.6 is 0 Å². The number of halogens is 2. The van der Waals surface area contributed by atoms with Crippen molar-refractivity contribution in [2.75, 3.05) is 20.2 Å². The number of likely N-dealkylation sites (N-methyl/N-ethyl adjacent to an activating group) is 1. The lowest BCUT2D eigenvalue weighted by molar-refractivity contribution is 0.332. The lowest BCUT2D eigenvalue weighted by atomic mass is 10.1. The highest BCUT2D eigenvalue weighted by molar-refractivity contribution is 5.35. The standard InChI is InChI=1S/C11H15F2NO/c1-3-15-11-7-10(13)9(12)6-8(11)4-5-14-2/h6-7,14H,3-5H2,1-2H3. The zero-order valence-corrected chi connectivity index (χ0v) is 8.94.